The van der Waals surface area contributed by atoms with Gasteiger partial charge in [0.15, 0.2) is 0 Å². The van der Waals surface area contributed by atoms with Crippen LogP contribution in [0.2, 0.25) is 0 Å². The van der Waals surface area contributed by atoms with Crippen molar-refractivity contribution in [2.24, 2.45) is 0 Å². The van der Waals surface area contributed by atoms with Crippen molar-refractivity contribution in [3.8, 4) is 0 Å². The minimum absolute atomic E-state index is 0.222. The fourth-order valence-electron chi connectivity index (χ4n) is 0.511. The van der Waals surface area contributed by atoms with Crippen LogP contribution in [0.25, 0.3) is 0 Å². The van der Waals surface area contributed by atoms with Crippen molar-refractivity contribution in [2.45, 2.75) is 6.92 Å². The summed E-state index contributed by atoms with van der Waals surface area (Å²) < 4.78 is 4.50. The molecule has 0 aliphatic rings. The molecular weight excluding hydrogens is 166 g/mol. The summed E-state index contributed by atoms with van der Waals surface area (Å²) in [6, 6.07) is -0.222. The van der Waals surface area contributed by atoms with Crippen molar-refractivity contribution < 1.29 is 19.1 Å². The molecule has 0 bridgehead atoms. The number of carboxylic acid groups (broad SMARTS) is 1. The van der Waals surface area contributed by atoms with E-state index in [0.717, 1.165) is 0 Å². The molecule has 2 N–H and O–H groups in total. The van der Waals surface area contributed by atoms with Crippen LogP contribution in [0.1, 0.15) is 17.6 Å². The summed E-state index contributed by atoms with van der Waals surface area (Å²) in [7, 11) is 0. The highest BCUT2D eigenvalue weighted by atomic mass is 16.4. The molecule has 1 amide bonds. The molecule has 12 heavy (non-hydrogen) atoms. The van der Waals surface area contributed by atoms with Gasteiger partial charge >= 0.3 is 17.9 Å². The smallest absolute Gasteiger partial charge is 0.393 e. The Morgan fingerprint density at radius 1 is 1.50 bits per heavy atom. The van der Waals surface area contributed by atoms with Crippen molar-refractivity contribution >= 4 is 17.9 Å². The summed E-state index contributed by atoms with van der Waals surface area (Å²) in [5, 5.41) is 16.8. The number of carbonyl (C=O) groups excluding carboxylic acids is 1. The number of carboxylic acids is 1. The third-order valence-electron chi connectivity index (χ3n) is 0.891. The van der Waals surface area contributed by atoms with E-state index in [1.807, 2.05) is 0 Å². The van der Waals surface area contributed by atoms with Crippen molar-refractivity contribution in [3.05, 3.63) is 5.89 Å². The zero-order valence-corrected chi connectivity index (χ0v) is 6.07. The molecule has 0 saturated heterocycles. The lowest BCUT2D eigenvalue weighted by molar-refractivity contribution is -0.114. The number of hydrogen-bond acceptors (Lipinski definition) is 5. The van der Waals surface area contributed by atoms with Gasteiger partial charge in [-0.15, -0.1) is 0 Å². The van der Waals surface area contributed by atoms with Crippen LogP contribution in [0.5, 0.6) is 0 Å². The highest BCUT2D eigenvalue weighted by molar-refractivity contribution is 5.87. The molecule has 7 heteroatoms. The molecule has 0 unspecified atom stereocenters. The van der Waals surface area contributed by atoms with E-state index in [1.54, 1.807) is 0 Å². The average molecular weight is 171 g/mol. The van der Waals surface area contributed by atoms with Crippen LogP contribution in [0.4, 0.5) is 6.01 Å². The Hall–Kier alpha value is -1.92. The molecule has 1 heterocycles. The maximum absolute atomic E-state index is 10.4. The number of nitrogens with one attached hydrogen (secondary N) is 1. The summed E-state index contributed by atoms with van der Waals surface area (Å²) in [5.41, 5.74) is 0. The molecule has 64 valence electrons. The van der Waals surface area contributed by atoms with E-state index >= 15 is 0 Å². The molecule has 0 aliphatic heterocycles. The molecule has 1 aromatic rings. The highest BCUT2D eigenvalue weighted by Gasteiger charge is 2.12. The number of aromatic nitrogens is 2. The normalized spacial score (nSPS) is 9.42. The predicted octanol–water partition coefficient (Wildman–Crippen LogP) is -0.274. The van der Waals surface area contributed by atoms with Gasteiger partial charge in [-0.1, -0.05) is 10.2 Å². The van der Waals surface area contributed by atoms with Gasteiger partial charge in [-0.2, -0.15) is 0 Å². The van der Waals surface area contributed by atoms with Crippen molar-refractivity contribution in [1.82, 2.24) is 10.2 Å². The summed E-state index contributed by atoms with van der Waals surface area (Å²) in [6.07, 6.45) is 0. The van der Waals surface area contributed by atoms with Gasteiger partial charge in [-0.3, -0.25) is 10.1 Å². The maximum atomic E-state index is 10.4. The Morgan fingerprint density at radius 3 is 2.58 bits per heavy atom. The van der Waals surface area contributed by atoms with Crippen LogP contribution in [0.3, 0.4) is 0 Å². The minimum Gasteiger partial charge on any atom is -0.474 e. The van der Waals surface area contributed by atoms with Gasteiger partial charge in [0.1, 0.15) is 0 Å². The third kappa shape index (κ3) is 1.78. The molecular formula is C5H5N3O4. The van der Waals surface area contributed by atoms with E-state index in [2.05, 4.69) is 19.9 Å². The topological polar surface area (TPSA) is 105 Å². The second-order valence-corrected chi connectivity index (χ2v) is 1.90. The second kappa shape index (κ2) is 2.99. The monoisotopic (exact) mass is 171 g/mol. The van der Waals surface area contributed by atoms with Gasteiger partial charge in [0.25, 0.3) is 0 Å². The SMILES string of the molecule is CC(=O)Nc1nnc(C(=O)O)o1. The first-order valence-electron chi connectivity index (χ1n) is 2.94. The fraction of sp³-hybridized carbons (Fsp3) is 0.200. The fourth-order valence-corrected chi connectivity index (χ4v) is 0.511. The standard InChI is InChI=1S/C5H5N3O4/c1-2(9)6-5-8-7-3(12-5)4(10)11/h1H3,(H,10,11)(H,6,8,9). The molecule has 1 aromatic heterocycles. The van der Waals surface area contributed by atoms with E-state index in [0.29, 0.717) is 0 Å². The van der Waals surface area contributed by atoms with Crippen LogP contribution >= 0.6 is 0 Å². The van der Waals surface area contributed by atoms with Crippen LogP contribution in [0, 0.1) is 0 Å². The maximum Gasteiger partial charge on any atom is 0.393 e. The molecule has 0 saturated carbocycles. The number of carbonyl (C=O) groups is 2. The van der Waals surface area contributed by atoms with E-state index in [4.69, 9.17) is 5.11 Å². The predicted molar refractivity (Wildman–Crippen MR) is 35.6 cm³/mol. The summed E-state index contributed by atoms with van der Waals surface area (Å²) >= 11 is 0. The minimum atomic E-state index is -1.33. The van der Waals surface area contributed by atoms with Crippen LogP contribution in [0.15, 0.2) is 4.42 Å². The van der Waals surface area contributed by atoms with Crippen LogP contribution < -0.4 is 5.32 Å². The summed E-state index contributed by atoms with van der Waals surface area (Å²) in [5.74, 6) is -2.30. The Bertz CT molecular complexity index is 318. The molecule has 0 radical (unpaired) electrons. The van der Waals surface area contributed by atoms with E-state index < -0.39 is 17.8 Å². The second-order valence-electron chi connectivity index (χ2n) is 1.90. The Balaban J connectivity index is 2.77. The lowest BCUT2D eigenvalue weighted by Gasteiger charge is -1.89. The first-order chi connectivity index (χ1) is 5.59. The lowest BCUT2D eigenvalue weighted by Crippen LogP contribution is -2.05. The largest absolute Gasteiger partial charge is 0.474 e. The van der Waals surface area contributed by atoms with Gasteiger partial charge in [0.05, 0.1) is 0 Å². The Morgan fingerprint density at radius 2 is 2.17 bits per heavy atom. The molecule has 0 aliphatic carbocycles. The number of rotatable bonds is 2. The molecule has 0 atom stereocenters. The van der Waals surface area contributed by atoms with Crippen molar-refractivity contribution in [1.29, 1.82) is 0 Å². The van der Waals surface area contributed by atoms with Gasteiger partial charge in [0.2, 0.25) is 5.91 Å². The highest BCUT2D eigenvalue weighted by Crippen LogP contribution is 2.04. The summed E-state index contributed by atoms with van der Waals surface area (Å²) in [6.45, 7) is 1.24. The molecule has 0 spiro atoms. The van der Waals surface area contributed by atoms with Gasteiger partial charge in [-0.25, -0.2) is 4.79 Å². The zero-order valence-electron chi connectivity index (χ0n) is 6.07. The molecule has 0 aromatic carbocycles. The van der Waals surface area contributed by atoms with E-state index in [-0.39, 0.29) is 6.01 Å². The van der Waals surface area contributed by atoms with Crippen LogP contribution in [-0.4, -0.2) is 27.2 Å². The van der Waals surface area contributed by atoms with E-state index in [1.165, 1.54) is 6.92 Å². The molecule has 0 fully saturated rings. The Labute approximate surface area is 66.4 Å². The zero-order chi connectivity index (χ0) is 9.14. The quantitative estimate of drug-likeness (QED) is 0.634. The summed E-state index contributed by atoms with van der Waals surface area (Å²) in [4.78, 5) is 20.6. The third-order valence-corrected chi connectivity index (χ3v) is 0.891. The number of anilines is 1. The van der Waals surface area contributed by atoms with Gasteiger partial charge < -0.3 is 9.52 Å². The van der Waals surface area contributed by atoms with E-state index in [9.17, 15) is 9.59 Å². The van der Waals surface area contributed by atoms with Gasteiger partial charge in [0, 0.05) is 6.92 Å². The first-order valence-corrected chi connectivity index (χ1v) is 2.94. The lowest BCUT2D eigenvalue weighted by atomic mass is 10.7. The number of nitrogens with zero attached hydrogens (tertiary/aromatic N) is 2. The number of amides is 1. The van der Waals surface area contributed by atoms with Gasteiger partial charge in [-0.05, 0) is 0 Å². The molecule has 7 nitrogen and oxygen atoms in total. The Kier molecular flexibility index (Phi) is 2.04. The van der Waals surface area contributed by atoms with Crippen molar-refractivity contribution in [3.63, 3.8) is 0 Å². The average Bonchev–Trinajstić information content (AvgIpc) is 2.34. The van der Waals surface area contributed by atoms with Crippen molar-refractivity contribution in [2.75, 3.05) is 5.32 Å². The number of aromatic carboxylic acids is 1. The van der Waals surface area contributed by atoms with Crippen LogP contribution in [-0.2, 0) is 4.79 Å². The first kappa shape index (κ1) is 8.18. The molecule has 1 rings (SSSR count). The number of hydrogen-bond donors (Lipinski definition) is 2.